The highest BCUT2D eigenvalue weighted by Gasteiger charge is 2.40. The number of rotatable bonds is 5. The fourth-order valence-electron chi connectivity index (χ4n) is 5.73. The molecule has 0 amide bonds. The Labute approximate surface area is 160 Å². The molecule has 0 aromatic heterocycles. The van der Waals surface area contributed by atoms with E-state index in [-0.39, 0.29) is 6.10 Å². The lowest BCUT2D eigenvalue weighted by Crippen LogP contribution is -2.22. The molecule has 3 aliphatic rings. The van der Waals surface area contributed by atoms with E-state index in [2.05, 4.69) is 12.2 Å². The fraction of sp³-hybridized carbons (Fsp3) is 0.833. The van der Waals surface area contributed by atoms with E-state index in [0.717, 1.165) is 31.6 Å². The van der Waals surface area contributed by atoms with Crippen LogP contribution >= 0.6 is 0 Å². The molecule has 0 aliphatic heterocycles. The lowest BCUT2D eigenvalue weighted by Gasteiger charge is -2.35. The molecule has 0 aromatic carbocycles. The van der Waals surface area contributed by atoms with Gasteiger partial charge in [-0.1, -0.05) is 36.1 Å². The van der Waals surface area contributed by atoms with E-state index in [9.17, 15) is 10.2 Å². The summed E-state index contributed by atoms with van der Waals surface area (Å²) >= 11 is 0. The summed E-state index contributed by atoms with van der Waals surface area (Å²) in [7, 11) is 0. The molecule has 3 saturated carbocycles. The SMILES string of the molecule is CC(C)(O)CCC[C@H]1CC[C@@]2(CCC/C(=C/C=C3\CCC[C@H](O)C3)C2)C1. The summed E-state index contributed by atoms with van der Waals surface area (Å²) in [4.78, 5) is 0. The molecule has 26 heavy (non-hydrogen) atoms. The molecule has 0 aromatic rings. The maximum absolute atomic E-state index is 9.92. The van der Waals surface area contributed by atoms with Gasteiger partial charge in [0.05, 0.1) is 11.7 Å². The highest BCUT2D eigenvalue weighted by molar-refractivity contribution is 5.22. The van der Waals surface area contributed by atoms with Crippen LogP contribution in [0.25, 0.3) is 0 Å². The summed E-state index contributed by atoms with van der Waals surface area (Å²) in [5.41, 5.74) is 3.18. The van der Waals surface area contributed by atoms with Gasteiger partial charge in [0.1, 0.15) is 0 Å². The first-order valence-corrected chi connectivity index (χ1v) is 11.1. The van der Waals surface area contributed by atoms with Crippen LogP contribution in [-0.2, 0) is 0 Å². The van der Waals surface area contributed by atoms with Gasteiger partial charge in [0, 0.05) is 0 Å². The lowest BCUT2D eigenvalue weighted by atomic mass is 9.70. The van der Waals surface area contributed by atoms with E-state index in [4.69, 9.17) is 0 Å². The van der Waals surface area contributed by atoms with Crippen molar-refractivity contribution in [2.75, 3.05) is 0 Å². The van der Waals surface area contributed by atoms with E-state index in [1.807, 2.05) is 13.8 Å². The van der Waals surface area contributed by atoms with Crippen LogP contribution in [0.2, 0.25) is 0 Å². The van der Waals surface area contributed by atoms with Crippen LogP contribution in [0.15, 0.2) is 23.3 Å². The van der Waals surface area contributed by atoms with Crippen LogP contribution in [0.1, 0.15) is 104 Å². The molecule has 3 aliphatic carbocycles. The molecule has 148 valence electrons. The average Bonchev–Trinajstić information content (AvgIpc) is 2.94. The van der Waals surface area contributed by atoms with Crippen molar-refractivity contribution >= 4 is 0 Å². The smallest absolute Gasteiger partial charge is 0.0591 e. The van der Waals surface area contributed by atoms with Crippen LogP contribution in [-0.4, -0.2) is 21.9 Å². The van der Waals surface area contributed by atoms with Crippen molar-refractivity contribution in [3.63, 3.8) is 0 Å². The molecular weight excluding hydrogens is 320 g/mol. The van der Waals surface area contributed by atoms with Gasteiger partial charge in [0.25, 0.3) is 0 Å². The van der Waals surface area contributed by atoms with Gasteiger partial charge in [-0.05, 0) is 102 Å². The Morgan fingerprint density at radius 3 is 2.62 bits per heavy atom. The third-order valence-electron chi connectivity index (χ3n) is 7.10. The Kier molecular flexibility index (Phi) is 6.67. The van der Waals surface area contributed by atoms with Crippen LogP contribution < -0.4 is 0 Å². The number of hydrogen-bond donors (Lipinski definition) is 2. The van der Waals surface area contributed by atoms with Crippen LogP contribution in [0.5, 0.6) is 0 Å². The molecular formula is C24H40O2. The zero-order valence-electron chi connectivity index (χ0n) is 17.1. The Bertz CT molecular complexity index is 525. The number of allylic oxidation sites excluding steroid dienone is 3. The van der Waals surface area contributed by atoms with E-state index in [0.29, 0.717) is 5.41 Å². The highest BCUT2D eigenvalue weighted by atomic mass is 16.3. The van der Waals surface area contributed by atoms with Crippen LogP contribution in [0.3, 0.4) is 0 Å². The van der Waals surface area contributed by atoms with Crippen molar-refractivity contribution in [3.05, 3.63) is 23.3 Å². The molecule has 0 radical (unpaired) electrons. The van der Waals surface area contributed by atoms with E-state index in [1.165, 1.54) is 69.8 Å². The molecule has 3 fully saturated rings. The molecule has 0 unspecified atom stereocenters. The second kappa shape index (κ2) is 8.61. The van der Waals surface area contributed by atoms with Crippen molar-refractivity contribution < 1.29 is 10.2 Å². The molecule has 0 bridgehead atoms. The quantitative estimate of drug-likeness (QED) is 0.624. The summed E-state index contributed by atoms with van der Waals surface area (Å²) in [5.74, 6) is 0.878. The van der Waals surface area contributed by atoms with Gasteiger partial charge in [-0.15, -0.1) is 0 Å². The minimum Gasteiger partial charge on any atom is -0.393 e. The normalized spacial score (nSPS) is 36.3. The second-order valence-corrected chi connectivity index (χ2v) is 10.2. The van der Waals surface area contributed by atoms with Crippen LogP contribution in [0, 0.1) is 11.3 Å². The Balaban J connectivity index is 1.51. The lowest BCUT2D eigenvalue weighted by molar-refractivity contribution is 0.0666. The predicted molar refractivity (Wildman–Crippen MR) is 109 cm³/mol. The average molecular weight is 361 g/mol. The third-order valence-corrected chi connectivity index (χ3v) is 7.10. The molecule has 0 heterocycles. The van der Waals surface area contributed by atoms with Crippen LogP contribution in [0.4, 0.5) is 0 Å². The first kappa shape index (κ1) is 20.1. The Hall–Kier alpha value is -0.600. The molecule has 3 rings (SSSR count). The summed E-state index contributed by atoms with van der Waals surface area (Å²) in [6.07, 6.45) is 21.8. The van der Waals surface area contributed by atoms with Gasteiger partial charge in [-0.3, -0.25) is 0 Å². The molecule has 3 atom stereocenters. The Morgan fingerprint density at radius 2 is 1.85 bits per heavy atom. The summed E-state index contributed by atoms with van der Waals surface area (Å²) in [5, 5.41) is 19.8. The second-order valence-electron chi connectivity index (χ2n) is 10.2. The highest BCUT2D eigenvalue weighted by Crippen LogP contribution is 2.53. The standard InChI is InChI=1S/C24H40O2/c1-23(2,26)13-4-7-21-12-15-24(18-21)14-5-8-20(17-24)11-10-19-6-3-9-22(25)16-19/h10-11,21-22,25-26H,3-9,12-18H2,1-2H3/b19-10+,20-11-/t21-,22-,24+/m0/s1. The zero-order valence-corrected chi connectivity index (χ0v) is 17.1. The van der Waals surface area contributed by atoms with Crippen molar-refractivity contribution in [1.29, 1.82) is 0 Å². The minimum atomic E-state index is -0.503. The topological polar surface area (TPSA) is 40.5 Å². The van der Waals surface area contributed by atoms with Gasteiger partial charge >= 0.3 is 0 Å². The first-order valence-electron chi connectivity index (χ1n) is 11.1. The van der Waals surface area contributed by atoms with Crippen molar-refractivity contribution in [2.24, 2.45) is 11.3 Å². The van der Waals surface area contributed by atoms with Gasteiger partial charge in [0.15, 0.2) is 0 Å². The first-order chi connectivity index (χ1) is 12.3. The number of hydrogen-bond acceptors (Lipinski definition) is 2. The molecule has 2 N–H and O–H groups in total. The molecule has 0 saturated heterocycles. The molecule has 1 spiro atoms. The summed E-state index contributed by atoms with van der Waals surface area (Å²) in [6, 6.07) is 0. The van der Waals surface area contributed by atoms with Gasteiger partial charge in [-0.2, -0.15) is 0 Å². The van der Waals surface area contributed by atoms with Gasteiger partial charge < -0.3 is 10.2 Å². The van der Waals surface area contributed by atoms with Crippen molar-refractivity contribution in [2.45, 2.75) is 115 Å². The van der Waals surface area contributed by atoms with Gasteiger partial charge in [-0.25, -0.2) is 0 Å². The largest absolute Gasteiger partial charge is 0.393 e. The van der Waals surface area contributed by atoms with Gasteiger partial charge in [0.2, 0.25) is 0 Å². The van der Waals surface area contributed by atoms with E-state index < -0.39 is 5.60 Å². The monoisotopic (exact) mass is 360 g/mol. The maximum Gasteiger partial charge on any atom is 0.0591 e. The van der Waals surface area contributed by atoms with E-state index in [1.54, 1.807) is 5.57 Å². The minimum absolute atomic E-state index is 0.106. The Morgan fingerprint density at radius 1 is 1.08 bits per heavy atom. The van der Waals surface area contributed by atoms with E-state index >= 15 is 0 Å². The fourth-order valence-corrected chi connectivity index (χ4v) is 5.73. The predicted octanol–water partition coefficient (Wildman–Crippen LogP) is 6.08. The number of aliphatic hydroxyl groups excluding tert-OH is 1. The third kappa shape index (κ3) is 5.96. The summed E-state index contributed by atoms with van der Waals surface area (Å²) < 4.78 is 0. The zero-order chi connectivity index (χ0) is 18.6. The number of aliphatic hydroxyl groups is 2. The molecule has 2 nitrogen and oxygen atoms in total. The maximum atomic E-state index is 9.92. The van der Waals surface area contributed by atoms with Crippen molar-refractivity contribution in [1.82, 2.24) is 0 Å². The molecule has 2 heteroatoms. The summed E-state index contributed by atoms with van der Waals surface area (Å²) in [6.45, 7) is 3.86. The van der Waals surface area contributed by atoms with Crippen molar-refractivity contribution in [3.8, 4) is 0 Å².